The van der Waals surface area contributed by atoms with Gasteiger partial charge in [0.05, 0.1) is 7.11 Å². The largest absolute Gasteiger partial charge is 0.497 e. The van der Waals surface area contributed by atoms with Crippen LogP contribution < -0.4 is 19.5 Å². The second-order valence-electron chi connectivity index (χ2n) is 9.08. The lowest BCUT2D eigenvalue weighted by atomic mass is 9.95. The van der Waals surface area contributed by atoms with Crippen molar-refractivity contribution < 1.29 is 23.8 Å². The highest BCUT2D eigenvalue weighted by atomic mass is 16.7. The SMILES string of the molecule is COc1ccc(CN(C(=O)CCc2ccc3c(c2)OCO3)[C@H](C)C(=O)NC2CCCCC2)cc1. The van der Waals surface area contributed by atoms with Crippen molar-refractivity contribution in [2.45, 2.75) is 70.5 Å². The zero-order valence-electron chi connectivity index (χ0n) is 20.0. The maximum Gasteiger partial charge on any atom is 0.242 e. The van der Waals surface area contributed by atoms with Gasteiger partial charge in [0, 0.05) is 19.0 Å². The van der Waals surface area contributed by atoms with E-state index < -0.39 is 6.04 Å². The third kappa shape index (κ3) is 6.01. The quantitative estimate of drug-likeness (QED) is 0.599. The maximum atomic E-state index is 13.4. The van der Waals surface area contributed by atoms with Gasteiger partial charge >= 0.3 is 0 Å². The standard InChI is InChI=1S/C27H34N2O5/c1-19(27(31)28-22-6-4-3-5-7-22)29(17-21-8-12-23(32-2)13-9-21)26(30)15-11-20-10-14-24-25(16-20)34-18-33-24/h8-10,12-14,16,19,22H,3-7,11,15,17-18H2,1-2H3,(H,28,31)/t19-/m1/s1. The van der Waals surface area contributed by atoms with Crippen molar-refractivity contribution in [2.24, 2.45) is 0 Å². The Hall–Kier alpha value is -3.22. The lowest BCUT2D eigenvalue weighted by Crippen LogP contribution is -2.50. The van der Waals surface area contributed by atoms with Crippen LogP contribution >= 0.6 is 0 Å². The molecule has 2 amide bonds. The van der Waals surface area contributed by atoms with Crippen molar-refractivity contribution in [1.29, 1.82) is 0 Å². The Balaban J connectivity index is 1.44. The fourth-order valence-electron chi connectivity index (χ4n) is 4.57. The number of amides is 2. The Morgan fingerprint density at radius 3 is 2.47 bits per heavy atom. The van der Waals surface area contributed by atoms with Crippen molar-refractivity contribution in [2.75, 3.05) is 13.9 Å². The molecule has 1 heterocycles. The number of ether oxygens (including phenoxy) is 3. The van der Waals surface area contributed by atoms with E-state index in [0.29, 0.717) is 25.1 Å². The molecule has 0 aromatic heterocycles. The van der Waals surface area contributed by atoms with Crippen LogP contribution in [0.15, 0.2) is 42.5 Å². The van der Waals surface area contributed by atoms with E-state index >= 15 is 0 Å². The minimum atomic E-state index is -0.562. The lowest BCUT2D eigenvalue weighted by Gasteiger charge is -2.31. The molecule has 0 unspecified atom stereocenters. The summed E-state index contributed by atoms with van der Waals surface area (Å²) in [6.45, 7) is 2.41. The van der Waals surface area contributed by atoms with Gasteiger partial charge in [-0.25, -0.2) is 0 Å². The van der Waals surface area contributed by atoms with Gasteiger partial charge in [-0.15, -0.1) is 0 Å². The summed E-state index contributed by atoms with van der Waals surface area (Å²) < 4.78 is 16.1. The molecule has 2 aliphatic rings. The zero-order chi connectivity index (χ0) is 23.9. The van der Waals surface area contributed by atoms with Crippen LogP contribution in [-0.4, -0.2) is 42.7 Å². The van der Waals surface area contributed by atoms with E-state index in [2.05, 4.69) is 5.32 Å². The highest BCUT2D eigenvalue weighted by Crippen LogP contribution is 2.33. The Morgan fingerprint density at radius 2 is 1.74 bits per heavy atom. The molecule has 0 saturated heterocycles. The fraction of sp³-hybridized carbons (Fsp3) is 0.481. The van der Waals surface area contributed by atoms with Gasteiger partial charge in [-0.05, 0) is 61.6 Å². The van der Waals surface area contributed by atoms with Crippen molar-refractivity contribution in [3.63, 3.8) is 0 Å². The Labute approximate surface area is 201 Å². The minimum Gasteiger partial charge on any atom is -0.497 e. The third-order valence-corrected chi connectivity index (χ3v) is 6.70. The van der Waals surface area contributed by atoms with Gasteiger partial charge in [0.2, 0.25) is 18.6 Å². The minimum absolute atomic E-state index is 0.0558. The van der Waals surface area contributed by atoms with Crippen LogP contribution in [0, 0.1) is 0 Å². The van der Waals surface area contributed by atoms with E-state index in [1.54, 1.807) is 12.0 Å². The maximum absolute atomic E-state index is 13.4. The Morgan fingerprint density at radius 1 is 1.03 bits per heavy atom. The highest BCUT2D eigenvalue weighted by Gasteiger charge is 2.28. The molecule has 1 aliphatic heterocycles. The number of aryl methyl sites for hydroxylation is 1. The first-order valence-electron chi connectivity index (χ1n) is 12.1. The molecule has 1 aliphatic carbocycles. The summed E-state index contributed by atoms with van der Waals surface area (Å²) in [7, 11) is 1.62. The van der Waals surface area contributed by atoms with Gasteiger partial charge in [0.1, 0.15) is 11.8 Å². The van der Waals surface area contributed by atoms with Crippen molar-refractivity contribution >= 4 is 11.8 Å². The molecule has 34 heavy (non-hydrogen) atoms. The van der Waals surface area contributed by atoms with E-state index in [1.165, 1.54) is 6.42 Å². The van der Waals surface area contributed by atoms with E-state index in [4.69, 9.17) is 14.2 Å². The Kier molecular flexibility index (Phi) is 7.93. The van der Waals surface area contributed by atoms with Gasteiger partial charge in [-0.2, -0.15) is 0 Å². The first kappa shape index (κ1) is 23.9. The average molecular weight is 467 g/mol. The predicted molar refractivity (Wildman–Crippen MR) is 129 cm³/mol. The predicted octanol–water partition coefficient (Wildman–Crippen LogP) is 4.22. The Bertz CT molecular complexity index is 985. The summed E-state index contributed by atoms with van der Waals surface area (Å²) in [5.74, 6) is 2.05. The van der Waals surface area contributed by atoms with Crippen LogP contribution in [0.3, 0.4) is 0 Å². The number of hydrogen-bond acceptors (Lipinski definition) is 5. The highest BCUT2D eigenvalue weighted by molar-refractivity contribution is 5.87. The molecule has 1 fully saturated rings. The van der Waals surface area contributed by atoms with Gasteiger partial charge in [-0.3, -0.25) is 9.59 Å². The first-order chi connectivity index (χ1) is 16.5. The number of nitrogens with one attached hydrogen (secondary N) is 1. The smallest absolute Gasteiger partial charge is 0.242 e. The van der Waals surface area contributed by atoms with Crippen LogP contribution in [0.25, 0.3) is 0 Å². The van der Waals surface area contributed by atoms with Crippen LogP contribution in [0.1, 0.15) is 56.6 Å². The second kappa shape index (κ2) is 11.3. The zero-order valence-corrected chi connectivity index (χ0v) is 20.0. The molecule has 7 heteroatoms. The van der Waals surface area contributed by atoms with Crippen molar-refractivity contribution in [3.8, 4) is 17.2 Å². The van der Waals surface area contributed by atoms with Crippen LogP contribution in [0.4, 0.5) is 0 Å². The molecule has 4 rings (SSSR count). The molecule has 1 atom stereocenters. The number of carbonyl (C=O) groups excluding carboxylic acids is 2. The topological polar surface area (TPSA) is 77.1 Å². The lowest BCUT2D eigenvalue weighted by molar-refractivity contribution is -0.141. The number of rotatable bonds is 9. The van der Waals surface area contributed by atoms with Gasteiger partial charge < -0.3 is 24.4 Å². The molecule has 0 spiro atoms. The molecular formula is C27H34N2O5. The number of benzene rings is 2. The van der Waals surface area contributed by atoms with Gasteiger partial charge in [-0.1, -0.05) is 37.5 Å². The summed E-state index contributed by atoms with van der Waals surface area (Å²) in [4.78, 5) is 28.2. The van der Waals surface area contributed by atoms with Gasteiger partial charge in [0.15, 0.2) is 11.5 Å². The average Bonchev–Trinajstić information content (AvgIpc) is 3.34. The molecule has 182 valence electrons. The molecule has 2 aromatic rings. The number of hydrogen-bond donors (Lipinski definition) is 1. The van der Waals surface area contributed by atoms with Crippen molar-refractivity contribution in [1.82, 2.24) is 10.2 Å². The monoisotopic (exact) mass is 466 g/mol. The van der Waals surface area contributed by atoms with Crippen LogP contribution in [0.5, 0.6) is 17.2 Å². The summed E-state index contributed by atoms with van der Waals surface area (Å²) in [6, 6.07) is 13.0. The van der Waals surface area contributed by atoms with Crippen LogP contribution in [-0.2, 0) is 22.6 Å². The summed E-state index contributed by atoms with van der Waals surface area (Å²) in [5, 5.41) is 3.18. The second-order valence-corrected chi connectivity index (χ2v) is 9.08. The molecule has 0 bridgehead atoms. The number of nitrogens with zero attached hydrogens (tertiary/aromatic N) is 1. The number of methoxy groups -OCH3 is 1. The molecule has 2 aromatic carbocycles. The molecule has 1 saturated carbocycles. The van der Waals surface area contributed by atoms with E-state index in [0.717, 1.165) is 48.3 Å². The molecule has 0 radical (unpaired) electrons. The normalized spacial score (nSPS) is 16.1. The van der Waals surface area contributed by atoms with E-state index in [-0.39, 0.29) is 24.6 Å². The summed E-state index contributed by atoms with van der Waals surface area (Å²) >= 11 is 0. The number of carbonyl (C=O) groups is 2. The van der Waals surface area contributed by atoms with E-state index in [1.807, 2.05) is 49.4 Å². The molecular weight excluding hydrogens is 432 g/mol. The van der Waals surface area contributed by atoms with E-state index in [9.17, 15) is 9.59 Å². The summed E-state index contributed by atoms with van der Waals surface area (Å²) in [6.07, 6.45) is 6.39. The molecule has 1 N–H and O–H groups in total. The molecule has 7 nitrogen and oxygen atoms in total. The van der Waals surface area contributed by atoms with Crippen LogP contribution in [0.2, 0.25) is 0 Å². The number of fused-ring (bicyclic) bond motifs is 1. The first-order valence-corrected chi connectivity index (χ1v) is 12.1. The third-order valence-electron chi connectivity index (χ3n) is 6.70. The van der Waals surface area contributed by atoms with Gasteiger partial charge in [0.25, 0.3) is 0 Å². The fourth-order valence-corrected chi connectivity index (χ4v) is 4.57. The van der Waals surface area contributed by atoms with Crippen molar-refractivity contribution in [3.05, 3.63) is 53.6 Å². The summed E-state index contributed by atoms with van der Waals surface area (Å²) in [5.41, 5.74) is 1.95.